The molecule has 0 aliphatic carbocycles. The molecular weight excluding hydrogens is 241 g/mol. The van der Waals surface area contributed by atoms with Crippen molar-refractivity contribution in [3.63, 3.8) is 0 Å². The number of rotatable bonds is 2. The van der Waals surface area contributed by atoms with Crippen molar-refractivity contribution in [2.75, 3.05) is 13.6 Å². The van der Waals surface area contributed by atoms with E-state index in [2.05, 4.69) is 18.9 Å². The van der Waals surface area contributed by atoms with E-state index in [0.29, 0.717) is 12.1 Å². The summed E-state index contributed by atoms with van der Waals surface area (Å²) in [5, 5.41) is 0. The molecule has 0 amide bonds. The molecule has 1 aliphatic rings. The summed E-state index contributed by atoms with van der Waals surface area (Å²) in [6, 6.07) is 0.650. The summed E-state index contributed by atoms with van der Waals surface area (Å²) in [6.07, 6.45) is 3.00. The van der Waals surface area contributed by atoms with Crippen LogP contribution in [0.25, 0.3) is 0 Å². The molecule has 10 heavy (non-hydrogen) atoms. The first-order valence-electron chi connectivity index (χ1n) is 3.73. The number of halogens is 1. The molecule has 1 fully saturated rings. The van der Waals surface area contributed by atoms with Gasteiger partial charge in [-0.3, -0.25) is 0 Å². The summed E-state index contributed by atoms with van der Waals surface area (Å²) in [4.78, 5) is 2.38. The third-order valence-electron chi connectivity index (χ3n) is 2.26. The summed E-state index contributed by atoms with van der Waals surface area (Å²) in [5.74, 6) is 0. The number of hydrogen-bond acceptors (Lipinski definition) is 2. The molecule has 0 aromatic rings. The van der Waals surface area contributed by atoms with E-state index in [4.69, 9.17) is 3.07 Å². The molecule has 60 valence electrons. The summed E-state index contributed by atoms with van der Waals surface area (Å²) in [6.45, 7) is 3.37. The van der Waals surface area contributed by atoms with Crippen LogP contribution in [0.3, 0.4) is 0 Å². The molecule has 1 rings (SSSR count). The quantitative estimate of drug-likeness (QED) is 0.698. The van der Waals surface area contributed by atoms with Crippen LogP contribution in [0.5, 0.6) is 0 Å². The summed E-state index contributed by atoms with van der Waals surface area (Å²) in [7, 11) is 2.17. The maximum absolute atomic E-state index is 5.23. The highest BCUT2D eigenvalue weighted by Gasteiger charge is 2.26. The minimum absolute atomic E-state index is 0.382. The predicted octanol–water partition coefficient (Wildman–Crippen LogP) is 1.84. The Hall–Kier alpha value is 0.650. The normalized spacial score (nSPS) is 30.9. The Labute approximate surface area is 76.6 Å². The van der Waals surface area contributed by atoms with Crippen molar-refractivity contribution >= 4 is 23.0 Å². The Kier molecular flexibility index (Phi) is 3.39. The highest BCUT2D eigenvalue weighted by molar-refractivity contribution is 14.1. The second-order valence-electron chi connectivity index (χ2n) is 2.98. The van der Waals surface area contributed by atoms with E-state index < -0.39 is 0 Å². The van der Waals surface area contributed by atoms with Gasteiger partial charge in [0.15, 0.2) is 0 Å². The fraction of sp³-hybridized carbons (Fsp3) is 1.00. The minimum Gasteiger partial charge on any atom is -0.311 e. The summed E-state index contributed by atoms with van der Waals surface area (Å²) >= 11 is 1.99. The Balaban J connectivity index is 2.38. The SMILES string of the molecule is C[C@H](OI)[C@@H]1CCCN1C. The smallest absolute Gasteiger partial charge is 0.110 e. The maximum atomic E-state index is 5.23. The van der Waals surface area contributed by atoms with E-state index >= 15 is 0 Å². The molecule has 0 saturated carbocycles. The first kappa shape index (κ1) is 8.74. The van der Waals surface area contributed by atoms with E-state index in [1.165, 1.54) is 19.4 Å². The molecule has 2 atom stereocenters. The molecular formula is C7H14INO. The molecule has 0 aromatic carbocycles. The molecule has 2 nitrogen and oxygen atoms in total. The molecule has 0 aromatic heterocycles. The lowest BCUT2D eigenvalue weighted by Gasteiger charge is -2.23. The van der Waals surface area contributed by atoms with Crippen LogP contribution in [0.4, 0.5) is 0 Å². The first-order chi connectivity index (χ1) is 4.75. The highest BCUT2D eigenvalue weighted by Crippen LogP contribution is 2.20. The zero-order chi connectivity index (χ0) is 7.56. The number of nitrogens with zero attached hydrogens (tertiary/aromatic N) is 1. The third kappa shape index (κ3) is 1.83. The fourth-order valence-corrected chi connectivity index (χ4v) is 1.93. The molecule has 3 heteroatoms. The van der Waals surface area contributed by atoms with Crippen molar-refractivity contribution < 1.29 is 3.07 Å². The van der Waals surface area contributed by atoms with Gasteiger partial charge in [-0.1, -0.05) is 0 Å². The largest absolute Gasteiger partial charge is 0.311 e. The Bertz CT molecular complexity index is 110. The maximum Gasteiger partial charge on any atom is 0.110 e. The van der Waals surface area contributed by atoms with Gasteiger partial charge in [-0.2, -0.15) is 0 Å². The van der Waals surface area contributed by atoms with Gasteiger partial charge in [0, 0.05) is 6.04 Å². The monoisotopic (exact) mass is 255 g/mol. The summed E-state index contributed by atoms with van der Waals surface area (Å²) in [5.41, 5.74) is 0. The summed E-state index contributed by atoms with van der Waals surface area (Å²) < 4.78 is 5.23. The molecule has 0 unspecified atom stereocenters. The van der Waals surface area contributed by atoms with E-state index in [1.54, 1.807) is 0 Å². The van der Waals surface area contributed by atoms with Gasteiger partial charge < -0.3 is 7.97 Å². The molecule has 0 radical (unpaired) electrons. The average molecular weight is 255 g/mol. The molecule has 0 N–H and O–H groups in total. The van der Waals surface area contributed by atoms with Gasteiger partial charge in [-0.25, -0.2) is 0 Å². The van der Waals surface area contributed by atoms with Crippen LogP contribution in [0, 0.1) is 0 Å². The van der Waals surface area contributed by atoms with Crippen molar-refractivity contribution in [3.05, 3.63) is 0 Å². The molecule has 1 heterocycles. The van der Waals surface area contributed by atoms with Crippen LogP contribution in [0.15, 0.2) is 0 Å². The third-order valence-corrected chi connectivity index (χ3v) is 3.06. The van der Waals surface area contributed by atoms with Crippen LogP contribution < -0.4 is 0 Å². The Morgan fingerprint density at radius 1 is 1.70 bits per heavy atom. The van der Waals surface area contributed by atoms with E-state index in [0.717, 1.165) is 0 Å². The highest BCUT2D eigenvalue weighted by atomic mass is 127. The number of likely N-dealkylation sites (N-methyl/N-ethyl adjacent to an activating group) is 1. The molecule has 1 saturated heterocycles. The zero-order valence-electron chi connectivity index (χ0n) is 6.51. The van der Waals surface area contributed by atoms with Gasteiger partial charge in [0.2, 0.25) is 0 Å². The second-order valence-corrected chi connectivity index (χ2v) is 3.49. The van der Waals surface area contributed by atoms with Gasteiger partial charge in [0.25, 0.3) is 0 Å². The van der Waals surface area contributed by atoms with Crippen molar-refractivity contribution in [1.29, 1.82) is 0 Å². The van der Waals surface area contributed by atoms with Gasteiger partial charge in [0.05, 0.1) is 6.10 Å². The molecule has 0 bridgehead atoms. The minimum atomic E-state index is 0.382. The van der Waals surface area contributed by atoms with Gasteiger partial charge in [-0.05, 0) is 33.4 Å². The fourth-order valence-electron chi connectivity index (χ4n) is 1.59. The second kappa shape index (κ2) is 3.88. The van der Waals surface area contributed by atoms with Crippen LogP contribution >= 0.6 is 23.0 Å². The van der Waals surface area contributed by atoms with E-state index in [-0.39, 0.29) is 0 Å². The molecule has 0 spiro atoms. The van der Waals surface area contributed by atoms with Gasteiger partial charge in [0.1, 0.15) is 23.0 Å². The van der Waals surface area contributed by atoms with Gasteiger partial charge in [-0.15, -0.1) is 0 Å². The van der Waals surface area contributed by atoms with Crippen molar-refractivity contribution in [2.45, 2.75) is 31.9 Å². The Morgan fingerprint density at radius 3 is 2.80 bits per heavy atom. The van der Waals surface area contributed by atoms with Crippen LogP contribution in [-0.4, -0.2) is 30.6 Å². The first-order valence-corrected chi connectivity index (χ1v) is 4.61. The van der Waals surface area contributed by atoms with Gasteiger partial charge >= 0.3 is 0 Å². The lowest BCUT2D eigenvalue weighted by atomic mass is 10.1. The zero-order valence-corrected chi connectivity index (χ0v) is 8.67. The standard InChI is InChI=1S/C7H14INO/c1-6(10-8)7-4-3-5-9(7)2/h6-7H,3-5H2,1-2H3/t6-,7-/m0/s1. The van der Waals surface area contributed by atoms with Crippen LogP contribution in [0.1, 0.15) is 19.8 Å². The van der Waals surface area contributed by atoms with E-state index in [1.807, 2.05) is 23.0 Å². The number of likely N-dealkylation sites (tertiary alicyclic amines) is 1. The average Bonchev–Trinajstić information content (AvgIpc) is 2.34. The molecule has 1 aliphatic heterocycles. The topological polar surface area (TPSA) is 12.5 Å². The van der Waals surface area contributed by atoms with Crippen molar-refractivity contribution in [3.8, 4) is 0 Å². The van der Waals surface area contributed by atoms with Crippen LogP contribution in [-0.2, 0) is 3.07 Å². The lowest BCUT2D eigenvalue weighted by Crippen LogP contribution is -2.34. The van der Waals surface area contributed by atoms with Crippen molar-refractivity contribution in [1.82, 2.24) is 4.90 Å². The van der Waals surface area contributed by atoms with E-state index in [9.17, 15) is 0 Å². The lowest BCUT2D eigenvalue weighted by molar-refractivity contribution is 0.163. The predicted molar refractivity (Wildman–Crippen MR) is 50.2 cm³/mol. The van der Waals surface area contributed by atoms with Crippen molar-refractivity contribution in [2.24, 2.45) is 0 Å². The Morgan fingerprint density at radius 2 is 2.40 bits per heavy atom. The number of hydrogen-bond donors (Lipinski definition) is 0. The van der Waals surface area contributed by atoms with Crippen LogP contribution in [0.2, 0.25) is 0 Å².